The number of aromatic nitrogens is 2. The summed E-state index contributed by atoms with van der Waals surface area (Å²) in [4.78, 5) is 10.9. The van der Waals surface area contributed by atoms with Crippen molar-refractivity contribution in [1.82, 2.24) is 9.97 Å². The van der Waals surface area contributed by atoms with Gasteiger partial charge in [0.05, 0.1) is 12.0 Å². The monoisotopic (exact) mass is 299 g/mol. The molecule has 0 saturated carbocycles. The predicted molar refractivity (Wildman–Crippen MR) is 87.1 cm³/mol. The van der Waals surface area contributed by atoms with Gasteiger partial charge < -0.3 is 10.1 Å². The summed E-state index contributed by atoms with van der Waals surface area (Å²) < 4.78 is 5.52. The first-order chi connectivity index (χ1) is 10.3. The van der Waals surface area contributed by atoms with Gasteiger partial charge in [-0.05, 0) is 37.6 Å². The van der Waals surface area contributed by atoms with Crippen LogP contribution in [0.4, 0.5) is 5.82 Å². The molecule has 0 aliphatic carbocycles. The van der Waals surface area contributed by atoms with Gasteiger partial charge >= 0.3 is 0 Å². The van der Waals surface area contributed by atoms with Crippen LogP contribution in [0.1, 0.15) is 17.4 Å². The van der Waals surface area contributed by atoms with Crippen LogP contribution in [0.3, 0.4) is 0 Å². The minimum Gasteiger partial charge on any atom is -0.494 e. The van der Waals surface area contributed by atoms with Gasteiger partial charge in [-0.25, -0.2) is 9.97 Å². The topological polar surface area (TPSA) is 47.0 Å². The summed E-state index contributed by atoms with van der Waals surface area (Å²) in [6.45, 7) is 5.46. The van der Waals surface area contributed by atoms with Crippen molar-refractivity contribution in [1.29, 1.82) is 0 Å². The Morgan fingerprint density at radius 1 is 1.24 bits per heavy atom. The van der Waals surface area contributed by atoms with E-state index in [0.717, 1.165) is 21.8 Å². The molecule has 1 N–H and O–H groups in total. The van der Waals surface area contributed by atoms with E-state index in [1.807, 2.05) is 25.1 Å². The minimum absolute atomic E-state index is 0.678. The molecule has 0 amide bonds. The lowest BCUT2D eigenvalue weighted by molar-refractivity contribution is 0.340. The van der Waals surface area contributed by atoms with Crippen LogP contribution in [0.25, 0.3) is 10.2 Å². The maximum absolute atomic E-state index is 5.52. The standard InChI is InChI=1S/C16H17N3OS/c1-3-20-13-6-4-5-12(8-13)9-17-15-14-7-11(2)21-16(14)19-10-18-15/h4-8,10H,3,9H2,1-2H3,(H,17,18,19). The second kappa shape index (κ2) is 6.10. The summed E-state index contributed by atoms with van der Waals surface area (Å²) in [6.07, 6.45) is 1.61. The Kier molecular flexibility index (Phi) is 4.01. The number of hydrogen-bond donors (Lipinski definition) is 1. The van der Waals surface area contributed by atoms with Crippen LogP contribution in [-0.4, -0.2) is 16.6 Å². The molecule has 0 unspecified atom stereocenters. The van der Waals surface area contributed by atoms with Gasteiger partial charge in [-0.3, -0.25) is 0 Å². The maximum Gasteiger partial charge on any atom is 0.138 e. The van der Waals surface area contributed by atoms with E-state index in [-0.39, 0.29) is 0 Å². The number of rotatable bonds is 5. The Labute approximate surface area is 127 Å². The number of ether oxygens (including phenoxy) is 1. The van der Waals surface area contributed by atoms with Gasteiger partial charge in [0.2, 0.25) is 0 Å². The van der Waals surface area contributed by atoms with Crippen LogP contribution in [0, 0.1) is 6.92 Å². The summed E-state index contributed by atoms with van der Waals surface area (Å²) in [5, 5.41) is 4.47. The lowest BCUT2D eigenvalue weighted by Crippen LogP contribution is -2.02. The van der Waals surface area contributed by atoms with E-state index >= 15 is 0 Å². The largest absolute Gasteiger partial charge is 0.494 e. The third kappa shape index (κ3) is 3.13. The number of fused-ring (bicyclic) bond motifs is 1. The molecule has 108 valence electrons. The van der Waals surface area contributed by atoms with Crippen LogP contribution >= 0.6 is 11.3 Å². The van der Waals surface area contributed by atoms with Crippen molar-refractivity contribution in [3.8, 4) is 5.75 Å². The van der Waals surface area contributed by atoms with Gasteiger partial charge in [-0.2, -0.15) is 0 Å². The Hall–Kier alpha value is -2.14. The number of nitrogens with zero attached hydrogens (tertiary/aromatic N) is 2. The first-order valence-corrected chi connectivity index (χ1v) is 7.74. The van der Waals surface area contributed by atoms with Gasteiger partial charge in [0, 0.05) is 11.4 Å². The molecule has 2 aromatic heterocycles. The third-order valence-corrected chi connectivity index (χ3v) is 4.08. The zero-order valence-electron chi connectivity index (χ0n) is 12.1. The van der Waals surface area contributed by atoms with Crippen LogP contribution in [0.2, 0.25) is 0 Å². The summed E-state index contributed by atoms with van der Waals surface area (Å²) in [7, 11) is 0. The van der Waals surface area contributed by atoms with Crippen molar-refractivity contribution >= 4 is 27.4 Å². The average molecular weight is 299 g/mol. The zero-order valence-corrected chi connectivity index (χ0v) is 12.9. The Balaban J connectivity index is 1.78. The van der Waals surface area contributed by atoms with Crippen LogP contribution < -0.4 is 10.1 Å². The number of anilines is 1. The maximum atomic E-state index is 5.52. The summed E-state index contributed by atoms with van der Waals surface area (Å²) >= 11 is 1.69. The van der Waals surface area contributed by atoms with Gasteiger partial charge in [0.15, 0.2) is 0 Å². The highest BCUT2D eigenvalue weighted by Gasteiger charge is 2.06. The number of benzene rings is 1. The molecule has 0 spiro atoms. The molecular formula is C16H17N3OS. The fourth-order valence-corrected chi connectivity index (χ4v) is 3.06. The van der Waals surface area contributed by atoms with E-state index in [4.69, 9.17) is 4.74 Å². The van der Waals surface area contributed by atoms with Crippen molar-refractivity contribution in [3.63, 3.8) is 0 Å². The zero-order chi connectivity index (χ0) is 14.7. The molecule has 2 heterocycles. The molecule has 0 radical (unpaired) electrons. The number of thiophene rings is 1. The quantitative estimate of drug-likeness (QED) is 0.773. The van der Waals surface area contributed by atoms with Crippen molar-refractivity contribution in [2.24, 2.45) is 0 Å². The molecule has 3 aromatic rings. The number of hydrogen-bond acceptors (Lipinski definition) is 5. The molecule has 1 aromatic carbocycles. The van der Waals surface area contributed by atoms with E-state index in [1.54, 1.807) is 17.7 Å². The first-order valence-electron chi connectivity index (χ1n) is 6.93. The van der Waals surface area contributed by atoms with Crippen LogP contribution in [0.15, 0.2) is 36.7 Å². The molecule has 0 aliphatic rings. The Bertz CT molecular complexity index is 754. The third-order valence-electron chi connectivity index (χ3n) is 3.12. The smallest absolute Gasteiger partial charge is 0.138 e. The van der Waals surface area contributed by atoms with Crippen LogP contribution in [0.5, 0.6) is 5.75 Å². The lowest BCUT2D eigenvalue weighted by atomic mass is 10.2. The van der Waals surface area contributed by atoms with Gasteiger partial charge in [-0.15, -0.1) is 11.3 Å². The summed E-state index contributed by atoms with van der Waals surface area (Å²) in [5.41, 5.74) is 1.17. The highest BCUT2D eigenvalue weighted by Crippen LogP contribution is 2.27. The van der Waals surface area contributed by atoms with Crippen molar-refractivity contribution in [2.75, 3.05) is 11.9 Å². The summed E-state index contributed by atoms with van der Waals surface area (Å²) in [5.74, 6) is 1.78. The first kappa shape index (κ1) is 13.8. The van der Waals surface area contributed by atoms with Gasteiger partial charge in [-0.1, -0.05) is 12.1 Å². The van der Waals surface area contributed by atoms with Crippen molar-refractivity contribution < 1.29 is 4.74 Å². The van der Waals surface area contributed by atoms with E-state index in [9.17, 15) is 0 Å². The van der Waals surface area contributed by atoms with Crippen LogP contribution in [-0.2, 0) is 6.54 Å². The van der Waals surface area contributed by atoms with E-state index in [0.29, 0.717) is 13.2 Å². The normalized spacial score (nSPS) is 10.8. The van der Waals surface area contributed by atoms with E-state index in [2.05, 4.69) is 34.3 Å². The van der Waals surface area contributed by atoms with E-state index in [1.165, 1.54) is 10.4 Å². The predicted octanol–water partition coefficient (Wildman–Crippen LogP) is 4.01. The Morgan fingerprint density at radius 3 is 3.00 bits per heavy atom. The molecule has 0 fully saturated rings. The molecule has 21 heavy (non-hydrogen) atoms. The second-order valence-electron chi connectivity index (χ2n) is 4.73. The van der Waals surface area contributed by atoms with Crippen molar-refractivity contribution in [3.05, 3.63) is 47.1 Å². The minimum atomic E-state index is 0.678. The molecule has 0 atom stereocenters. The fraction of sp³-hybridized carbons (Fsp3) is 0.250. The molecule has 0 aliphatic heterocycles. The fourth-order valence-electron chi connectivity index (χ4n) is 2.21. The SMILES string of the molecule is CCOc1cccc(CNc2ncnc3sc(C)cc23)c1. The Morgan fingerprint density at radius 2 is 2.14 bits per heavy atom. The molecule has 0 saturated heterocycles. The van der Waals surface area contributed by atoms with Crippen molar-refractivity contribution in [2.45, 2.75) is 20.4 Å². The highest BCUT2D eigenvalue weighted by atomic mass is 32.1. The van der Waals surface area contributed by atoms with Gasteiger partial charge in [0.25, 0.3) is 0 Å². The summed E-state index contributed by atoms with van der Waals surface area (Å²) in [6, 6.07) is 10.2. The van der Waals surface area contributed by atoms with E-state index < -0.39 is 0 Å². The highest BCUT2D eigenvalue weighted by molar-refractivity contribution is 7.18. The number of aryl methyl sites for hydroxylation is 1. The second-order valence-corrected chi connectivity index (χ2v) is 5.97. The molecule has 4 nitrogen and oxygen atoms in total. The molecule has 0 bridgehead atoms. The number of nitrogens with one attached hydrogen (secondary N) is 1. The molecular weight excluding hydrogens is 282 g/mol. The molecule has 5 heteroatoms. The lowest BCUT2D eigenvalue weighted by Gasteiger charge is -2.08. The molecule has 3 rings (SSSR count). The van der Waals surface area contributed by atoms with Gasteiger partial charge in [0.1, 0.15) is 22.7 Å². The average Bonchev–Trinajstić information content (AvgIpc) is 2.86.